The topological polar surface area (TPSA) is 34.6 Å². The van der Waals surface area contributed by atoms with E-state index < -0.39 is 0 Å². The molecule has 0 spiro atoms. The first-order valence-electron chi connectivity index (χ1n) is 12.5. The van der Waals surface area contributed by atoms with E-state index in [1.807, 2.05) is 6.20 Å². The molecule has 2 aromatic rings. The Morgan fingerprint density at radius 2 is 1.84 bits per heavy atom. The third-order valence-corrected chi connectivity index (χ3v) is 8.02. The smallest absolute Gasteiger partial charge is 0.0607 e. The fraction of sp³-hybridized carbons (Fsp3) is 0.593. The molecule has 1 aromatic heterocycles. The summed E-state index contributed by atoms with van der Waals surface area (Å²) in [6.45, 7) is 4.39. The summed E-state index contributed by atoms with van der Waals surface area (Å²) in [7, 11) is 6.74. The minimum absolute atomic E-state index is 0.448. The number of nitrogens with zero attached hydrogens (tertiary/aromatic N) is 4. The van der Waals surface area contributed by atoms with E-state index in [1.54, 1.807) is 5.56 Å². The number of rotatable bonds is 5. The van der Waals surface area contributed by atoms with E-state index >= 15 is 0 Å². The van der Waals surface area contributed by atoms with E-state index in [-0.39, 0.29) is 0 Å². The SMILES string of the molecule is CN(C)C1CCN(c2cccc3c2C[C@H](CN(C)[C@H]2CCCc4cccnc42)NC3)CC1. The molecule has 1 N–H and O–H groups in total. The quantitative estimate of drug-likeness (QED) is 0.779. The first-order valence-corrected chi connectivity index (χ1v) is 12.5. The van der Waals surface area contributed by atoms with Crippen LogP contribution in [0.2, 0.25) is 0 Å². The summed E-state index contributed by atoms with van der Waals surface area (Å²) in [5.41, 5.74) is 7.30. The number of nitrogens with one attached hydrogen (secondary N) is 1. The second kappa shape index (κ2) is 9.50. The number of likely N-dealkylation sites (N-methyl/N-ethyl adjacent to an activating group) is 1. The second-order valence-corrected chi connectivity index (χ2v) is 10.3. The van der Waals surface area contributed by atoms with Gasteiger partial charge in [-0.2, -0.15) is 0 Å². The van der Waals surface area contributed by atoms with Gasteiger partial charge in [-0.25, -0.2) is 0 Å². The van der Waals surface area contributed by atoms with Crippen molar-refractivity contribution in [1.82, 2.24) is 20.1 Å². The molecule has 5 rings (SSSR count). The van der Waals surface area contributed by atoms with Gasteiger partial charge in [0.25, 0.3) is 0 Å². The van der Waals surface area contributed by atoms with Crippen molar-refractivity contribution < 1.29 is 0 Å². The van der Waals surface area contributed by atoms with Crippen LogP contribution in [0, 0.1) is 0 Å². The predicted molar refractivity (Wildman–Crippen MR) is 132 cm³/mol. The van der Waals surface area contributed by atoms with E-state index in [4.69, 9.17) is 4.98 Å². The van der Waals surface area contributed by atoms with Gasteiger partial charge >= 0.3 is 0 Å². The van der Waals surface area contributed by atoms with Crippen molar-refractivity contribution in [1.29, 1.82) is 0 Å². The fourth-order valence-corrected chi connectivity index (χ4v) is 6.13. The number of hydrogen-bond donors (Lipinski definition) is 1. The minimum atomic E-state index is 0.448. The first-order chi connectivity index (χ1) is 15.6. The average Bonchev–Trinajstić information content (AvgIpc) is 2.83. The Labute approximate surface area is 193 Å². The number of fused-ring (bicyclic) bond motifs is 2. The highest BCUT2D eigenvalue weighted by molar-refractivity contribution is 5.58. The summed E-state index contributed by atoms with van der Waals surface area (Å²) in [6, 6.07) is 13.0. The van der Waals surface area contributed by atoms with Crippen molar-refractivity contribution in [3.05, 3.63) is 58.9 Å². The maximum absolute atomic E-state index is 4.77. The van der Waals surface area contributed by atoms with Crippen LogP contribution in [0.3, 0.4) is 0 Å². The molecule has 2 atom stereocenters. The summed E-state index contributed by atoms with van der Waals surface area (Å²) in [5.74, 6) is 0. The number of aryl methyl sites for hydroxylation is 1. The molecule has 2 aliphatic heterocycles. The molecule has 0 amide bonds. The van der Waals surface area contributed by atoms with Crippen LogP contribution in [0.1, 0.15) is 54.1 Å². The average molecular weight is 434 g/mol. The molecule has 1 aromatic carbocycles. The lowest BCUT2D eigenvalue weighted by atomic mass is 9.89. The molecule has 3 aliphatic rings. The summed E-state index contributed by atoms with van der Waals surface area (Å²) >= 11 is 0. The molecule has 0 saturated carbocycles. The van der Waals surface area contributed by atoms with Crippen LogP contribution in [-0.2, 0) is 19.4 Å². The van der Waals surface area contributed by atoms with Gasteiger partial charge in [-0.1, -0.05) is 18.2 Å². The van der Waals surface area contributed by atoms with Crippen LogP contribution in [0.15, 0.2) is 36.5 Å². The third kappa shape index (κ3) is 4.43. The van der Waals surface area contributed by atoms with Crippen LogP contribution in [0.5, 0.6) is 0 Å². The van der Waals surface area contributed by atoms with Gasteiger partial charge in [0.1, 0.15) is 0 Å². The Morgan fingerprint density at radius 1 is 1.03 bits per heavy atom. The Morgan fingerprint density at radius 3 is 2.66 bits per heavy atom. The Balaban J connectivity index is 1.28. The molecule has 1 aliphatic carbocycles. The Bertz CT molecular complexity index is 918. The maximum atomic E-state index is 4.77. The van der Waals surface area contributed by atoms with Gasteiger partial charge in [0.2, 0.25) is 0 Å². The minimum Gasteiger partial charge on any atom is -0.371 e. The van der Waals surface area contributed by atoms with Crippen LogP contribution in [0.4, 0.5) is 5.69 Å². The van der Waals surface area contributed by atoms with Crippen LogP contribution in [-0.4, -0.2) is 67.6 Å². The van der Waals surface area contributed by atoms with E-state index in [0.29, 0.717) is 12.1 Å². The van der Waals surface area contributed by atoms with Crippen molar-refractivity contribution in [2.45, 2.75) is 63.2 Å². The molecule has 5 nitrogen and oxygen atoms in total. The molecular weight excluding hydrogens is 394 g/mol. The van der Waals surface area contributed by atoms with Crippen LogP contribution in [0.25, 0.3) is 0 Å². The molecule has 1 saturated heterocycles. The number of benzene rings is 1. The molecule has 0 bridgehead atoms. The highest BCUT2D eigenvalue weighted by atomic mass is 15.2. The molecule has 1 fully saturated rings. The normalized spacial score (nSPS) is 24.0. The standard InChI is InChI=1S/C27H39N5/c1-30(2)23-12-15-32(16-13-23)25-10-5-8-21-18-29-22(17-24(21)25)19-31(3)26-11-4-7-20-9-6-14-28-27(20)26/h5-6,8-10,14,22-23,26,29H,4,7,11-13,15-19H2,1-3H3/t22-,26+/m1/s1. The summed E-state index contributed by atoms with van der Waals surface area (Å²) < 4.78 is 0. The third-order valence-electron chi connectivity index (χ3n) is 8.02. The maximum Gasteiger partial charge on any atom is 0.0607 e. The highest BCUT2D eigenvalue weighted by Gasteiger charge is 2.30. The van der Waals surface area contributed by atoms with Gasteiger partial charge in [-0.05, 0) is 88.5 Å². The number of anilines is 1. The van der Waals surface area contributed by atoms with Crippen LogP contribution >= 0.6 is 0 Å². The molecule has 5 heteroatoms. The number of aromatic nitrogens is 1. The number of hydrogen-bond acceptors (Lipinski definition) is 5. The predicted octanol–water partition coefficient (Wildman–Crippen LogP) is 3.64. The molecule has 0 radical (unpaired) electrons. The zero-order valence-corrected chi connectivity index (χ0v) is 20.1. The van der Waals surface area contributed by atoms with Crippen molar-refractivity contribution in [3.8, 4) is 0 Å². The monoisotopic (exact) mass is 433 g/mol. The van der Waals surface area contributed by atoms with Crippen LogP contribution < -0.4 is 10.2 Å². The number of pyridine rings is 1. The lowest BCUT2D eigenvalue weighted by Gasteiger charge is -2.40. The summed E-state index contributed by atoms with van der Waals surface area (Å²) in [6.07, 6.45) is 9.26. The fourth-order valence-electron chi connectivity index (χ4n) is 6.13. The van der Waals surface area contributed by atoms with Crippen molar-refractivity contribution in [2.24, 2.45) is 0 Å². The van der Waals surface area contributed by atoms with E-state index in [9.17, 15) is 0 Å². The van der Waals surface area contributed by atoms with E-state index in [2.05, 4.69) is 71.5 Å². The van der Waals surface area contributed by atoms with Gasteiger partial charge < -0.3 is 15.1 Å². The largest absolute Gasteiger partial charge is 0.371 e. The van der Waals surface area contributed by atoms with E-state index in [1.165, 1.54) is 67.7 Å². The van der Waals surface area contributed by atoms with Gasteiger partial charge in [-0.3, -0.25) is 9.88 Å². The Hall–Kier alpha value is -1.95. The first kappa shape index (κ1) is 21.9. The summed E-state index contributed by atoms with van der Waals surface area (Å²) in [5, 5.41) is 3.83. The van der Waals surface area contributed by atoms with E-state index in [0.717, 1.165) is 25.6 Å². The zero-order valence-electron chi connectivity index (χ0n) is 20.1. The summed E-state index contributed by atoms with van der Waals surface area (Å²) in [4.78, 5) is 12.4. The van der Waals surface area contributed by atoms with Crippen molar-refractivity contribution >= 4 is 5.69 Å². The molecular formula is C27H39N5. The van der Waals surface area contributed by atoms with Gasteiger partial charge in [0.15, 0.2) is 0 Å². The molecule has 32 heavy (non-hydrogen) atoms. The Kier molecular flexibility index (Phi) is 6.49. The van der Waals surface area contributed by atoms with Crippen molar-refractivity contribution in [2.75, 3.05) is 45.7 Å². The lowest BCUT2D eigenvalue weighted by Crippen LogP contribution is -2.46. The second-order valence-electron chi connectivity index (χ2n) is 10.3. The zero-order chi connectivity index (χ0) is 22.1. The van der Waals surface area contributed by atoms with Crippen molar-refractivity contribution in [3.63, 3.8) is 0 Å². The highest BCUT2D eigenvalue weighted by Crippen LogP contribution is 2.34. The lowest BCUT2D eigenvalue weighted by molar-refractivity contribution is 0.191. The molecule has 172 valence electrons. The molecule has 0 unspecified atom stereocenters. The van der Waals surface area contributed by atoms with Gasteiger partial charge in [0, 0.05) is 50.1 Å². The van der Waals surface area contributed by atoms with Gasteiger partial charge in [-0.15, -0.1) is 0 Å². The van der Waals surface area contributed by atoms with Gasteiger partial charge in [0.05, 0.1) is 11.7 Å². The molecule has 3 heterocycles. The number of piperidine rings is 1.